The highest BCUT2D eigenvalue weighted by Gasteiger charge is 2.20. The molecule has 8 N–H and O–H groups in total. The molecule has 0 saturated carbocycles. The van der Waals surface area contributed by atoms with Crippen LogP contribution in [0.3, 0.4) is 0 Å². The Balaban J connectivity index is 4.54. The fraction of sp³-hybridized carbons (Fsp3) is 0.667. The third-order valence-corrected chi connectivity index (χ3v) is 3.71. The van der Waals surface area contributed by atoms with Crippen LogP contribution in [-0.4, -0.2) is 53.9 Å². The third kappa shape index (κ3) is 10.1. The summed E-state index contributed by atoms with van der Waals surface area (Å²) >= 11 is 0. The largest absolute Gasteiger partial charge is 0.548 e. The van der Waals surface area contributed by atoms with Gasteiger partial charge < -0.3 is 51.8 Å². The van der Waals surface area contributed by atoms with Crippen molar-refractivity contribution in [3.05, 3.63) is 0 Å². The number of aliphatic carboxylic acids is 3. The van der Waals surface area contributed by atoms with Crippen molar-refractivity contribution < 1.29 is 50.8 Å². The van der Waals surface area contributed by atoms with E-state index in [2.05, 4.69) is 22.1 Å². The predicted molar refractivity (Wildman–Crippen MR) is 81.0 cm³/mol. The number of carbonyl (C=O) groups excluding carboxylic acids is 5. The van der Waals surface area contributed by atoms with Gasteiger partial charge in [-0.2, -0.15) is 0 Å². The minimum Gasteiger partial charge on any atom is -0.548 e. The van der Waals surface area contributed by atoms with E-state index in [4.69, 9.17) is 0 Å². The quantitative estimate of drug-likeness (QED) is 0.235. The summed E-state index contributed by atoms with van der Waals surface area (Å²) in [4.78, 5) is 56.0. The van der Waals surface area contributed by atoms with E-state index in [-0.39, 0.29) is 32.1 Å². The minimum absolute atomic E-state index is 0.0595. The van der Waals surface area contributed by atoms with E-state index < -0.39 is 53.9 Å². The van der Waals surface area contributed by atoms with Crippen LogP contribution in [0.15, 0.2) is 0 Å². The van der Waals surface area contributed by atoms with Crippen LogP contribution in [0.25, 0.3) is 0 Å². The van der Waals surface area contributed by atoms with Gasteiger partial charge in [-0.15, -0.1) is 0 Å². The Bertz CT molecular complexity index is 566. The smallest absolute Gasteiger partial charge is 0.278 e. The lowest BCUT2D eigenvalue weighted by Gasteiger charge is -2.22. The summed E-state index contributed by atoms with van der Waals surface area (Å²) in [5.74, 6) is -5.91. The number of hydrogen-bond acceptors (Lipinski definition) is 8. The van der Waals surface area contributed by atoms with Gasteiger partial charge in [-0.3, -0.25) is 9.59 Å². The van der Waals surface area contributed by atoms with E-state index in [1.54, 1.807) is 0 Å². The van der Waals surface area contributed by atoms with Gasteiger partial charge in [-0.25, -0.2) is 0 Å². The van der Waals surface area contributed by atoms with Crippen molar-refractivity contribution in [2.24, 2.45) is 0 Å². The highest BCUT2D eigenvalue weighted by molar-refractivity contribution is 5.86. The fourth-order valence-corrected chi connectivity index (χ4v) is 2.04. The predicted octanol–water partition coefficient (Wildman–Crippen LogP) is -7.60. The lowest BCUT2D eigenvalue weighted by atomic mass is 10.1. The van der Waals surface area contributed by atoms with Gasteiger partial charge in [0.05, 0.1) is 30.0 Å². The molecular weight excluding hydrogens is 364 g/mol. The zero-order chi connectivity index (χ0) is 21.1. The Hall–Kier alpha value is -2.73. The lowest BCUT2D eigenvalue weighted by Crippen LogP contribution is -2.68. The van der Waals surface area contributed by atoms with Crippen molar-refractivity contribution in [1.82, 2.24) is 10.6 Å². The molecule has 2 amide bonds. The first-order valence-electron chi connectivity index (χ1n) is 8.34. The number of nitrogens with one attached hydrogen (secondary N) is 2. The average molecular weight is 389 g/mol. The van der Waals surface area contributed by atoms with Crippen molar-refractivity contribution in [3.63, 3.8) is 0 Å². The molecule has 12 heteroatoms. The molecule has 0 rings (SSSR count). The molecule has 0 spiro atoms. The fourth-order valence-electron chi connectivity index (χ4n) is 2.04. The van der Waals surface area contributed by atoms with Gasteiger partial charge in [0, 0.05) is 12.8 Å². The van der Waals surface area contributed by atoms with E-state index in [9.17, 15) is 39.3 Å². The standard InChI is InChI=1S/C15H26N4O8/c1-7(16)12(21)19-10(15(26)27)5-6-11(20)18-9(14(24)25)4-2-3-8(17)13(22)23/h7-10H,2-6,16-17H2,1H3,(H,18,20)(H,19,21)(H,22,23)(H,24,25)(H,26,27)/p-1/t7-,8-,9+,10+/m0/s1. The molecule has 0 fully saturated rings. The van der Waals surface area contributed by atoms with Crippen LogP contribution in [0.2, 0.25) is 0 Å². The Morgan fingerprint density at radius 3 is 1.78 bits per heavy atom. The summed E-state index contributed by atoms with van der Waals surface area (Å²) in [6.45, 7) is 1.45. The number of carboxylic acid groups (broad SMARTS) is 3. The van der Waals surface area contributed by atoms with E-state index >= 15 is 0 Å². The molecule has 12 nitrogen and oxygen atoms in total. The highest BCUT2D eigenvalue weighted by atomic mass is 16.4. The van der Waals surface area contributed by atoms with Crippen LogP contribution >= 0.6 is 0 Å². The summed E-state index contributed by atoms with van der Waals surface area (Å²) in [5.41, 5.74) is 6.76. The Morgan fingerprint density at radius 2 is 1.33 bits per heavy atom. The molecule has 0 radical (unpaired) electrons. The first kappa shape index (κ1) is 24.3. The first-order chi connectivity index (χ1) is 12.5. The second kappa shape index (κ2) is 11.8. The highest BCUT2D eigenvalue weighted by Crippen LogP contribution is 2.04. The van der Waals surface area contributed by atoms with Crippen LogP contribution in [0.1, 0.15) is 39.0 Å². The van der Waals surface area contributed by atoms with Gasteiger partial charge in [-0.1, -0.05) is 0 Å². The zero-order valence-electron chi connectivity index (χ0n) is 15.0. The molecule has 0 aliphatic heterocycles. The average Bonchev–Trinajstić information content (AvgIpc) is 2.56. The number of carbonyl (C=O) groups is 5. The van der Waals surface area contributed by atoms with Crippen molar-refractivity contribution >= 4 is 29.7 Å². The molecule has 0 bridgehead atoms. The summed E-state index contributed by atoms with van der Waals surface area (Å²) in [6, 6.07) is -4.52. The molecule has 0 aromatic rings. The number of hydrogen-bond donors (Lipinski definition) is 4. The maximum absolute atomic E-state index is 11.9. The van der Waals surface area contributed by atoms with Crippen LogP contribution in [0.4, 0.5) is 0 Å². The first-order valence-corrected chi connectivity index (χ1v) is 8.34. The van der Waals surface area contributed by atoms with Crippen molar-refractivity contribution in [3.8, 4) is 0 Å². The summed E-state index contributed by atoms with van der Waals surface area (Å²) in [7, 11) is 0. The van der Waals surface area contributed by atoms with Gasteiger partial charge in [0.1, 0.15) is 6.04 Å². The monoisotopic (exact) mass is 389 g/mol. The summed E-state index contributed by atoms with van der Waals surface area (Å²) in [6.07, 6.45) is -0.583. The maximum atomic E-state index is 11.9. The molecule has 4 atom stereocenters. The van der Waals surface area contributed by atoms with E-state index in [0.29, 0.717) is 0 Å². The topological polar surface area (TPSA) is 234 Å². The van der Waals surface area contributed by atoms with E-state index in [1.165, 1.54) is 6.92 Å². The molecule has 0 unspecified atom stereocenters. The number of amides is 2. The second-order valence-electron chi connectivity index (χ2n) is 6.21. The normalized spacial score (nSPS) is 15.1. The van der Waals surface area contributed by atoms with Crippen LogP contribution in [0.5, 0.6) is 0 Å². The Labute approximate surface area is 155 Å². The van der Waals surface area contributed by atoms with E-state index in [0.717, 1.165) is 0 Å². The van der Waals surface area contributed by atoms with Crippen LogP contribution in [0, 0.1) is 0 Å². The third-order valence-electron chi connectivity index (χ3n) is 3.71. The lowest BCUT2D eigenvalue weighted by molar-refractivity contribution is -0.438. The van der Waals surface area contributed by atoms with Crippen molar-refractivity contribution in [2.75, 3.05) is 0 Å². The van der Waals surface area contributed by atoms with Crippen molar-refractivity contribution in [1.29, 1.82) is 0 Å². The Morgan fingerprint density at radius 1 is 0.815 bits per heavy atom. The molecule has 0 saturated heterocycles. The molecule has 0 aliphatic carbocycles. The SMILES string of the molecule is C[C@H]([NH3+])C(=O)N[C@H](CCC(=O)N[C@H](CCC[C@H]([NH3+])C(=O)[O-])C(=O)[O-])C(=O)[O-]. The van der Waals surface area contributed by atoms with Gasteiger partial charge >= 0.3 is 0 Å². The number of quaternary nitrogens is 2. The molecule has 0 heterocycles. The Kier molecular flexibility index (Phi) is 10.6. The number of rotatable bonds is 13. The van der Waals surface area contributed by atoms with E-state index in [1.807, 2.05) is 0 Å². The molecule has 0 aliphatic rings. The maximum Gasteiger partial charge on any atom is 0.278 e. The van der Waals surface area contributed by atoms with Gasteiger partial charge in [0.25, 0.3) is 5.91 Å². The molecule has 27 heavy (non-hydrogen) atoms. The van der Waals surface area contributed by atoms with Gasteiger partial charge in [0.15, 0.2) is 6.04 Å². The molecule has 0 aromatic heterocycles. The van der Waals surface area contributed by atoms with Crippen molar-refractivity contribution in [2.45, 2.75) is 63.2 Å². The van der Waals surface area contributed by atoms with Crippen LogP contribution < -0.4 is 37.4 Å². The summed E-state index contributed by atoms with van der Waals surface area (Å²) in [5, 5.41) is 37.0. The number of carboxylic acids is 3. The summed E-state index contributed by atoms with van der Waals surface area (Å²) < 4.78 is 0. The molecule has 154 valence electrons. The molecular formula is C15H25N4O8-. The van der Waals surface area contributed by atoms with Gasteiger partial charge in [0.2, 0.25) is 5.91 Å². The van der Waals surface area contributed by atoms with Crippen LogP contribution in [-0.2, 0) is 24.0 Å². The second-order valence-corrected chi connectivity index (χ2v) is 6.21. The van der Waals surface area contributed by atoms with Gasteiger partial charge in [-0.05, 0) is 26.2 Å². The zero-order valence-corrected chi connectivity index (χ0v) is 15.0. The molecule has 0 aromatic carbocycles. The minimum atomic E-state index is -1.59.